The number of nitrogens with one attached hydrogen (secondary N) is 1. The van der Waals surface area contributed by atoms with Gasteiger partial charge in [0.05, 0.1) is 29.1 Å². The van der Waals surface area contributed by atoms with Crippen molar-refractivity contribution < 1.29 is 17.9 Å². The van der Waals surface area contributed by atoms with Crippen LogP contribution in [0.4, 0.5) is 5.13 Å². The number of anilines is 1. The van der Waals surface area contributed by atoms with E-state index in [9.17, 15) is 13.2 Å². The van der Waals surface area contributed by atoms with Crippen LogP contribution < -0.4 is 5.32 Å². The molecule has 1 amide bonds. The van der Waals surface area contributed by atoms with Crippen LogP contribution in [0, 0.1) is 6.92 Å². The van der Waals surface area contributed by atoms with E-state index in [0.717, 1.165) is 16.3 Å². The van der Waals surface area contributed by atoms with Crippen molar-refractivity contribution in [3.8, 4) is 0 Å². The second-order valence-corrected chi connectivity index (χ2v) is 10.2. The number of amides is 1. The lowest BCUT2D eigenvalue weighted by atomic mass is 10.3. The molecule has 0 bridgehead atoms. The van der Waals surface area contributed by atoms with Crippen LogP contribution in [0.25, 0.3) is 11.0 Å². The number of aromatic nitrogens is 4. The Morgan fingerprint density at radius 1 is 1.26 bits per heavy atom. The van der Waals surface area contributed by atoms with E-state index in [-0.39, 0.29) is 17.2 Å². The minimum Gasteiger partial charge on any atom is -0.379 e. The predicted molar refractivity (Wildman–Crippen MR) is 117 cm³/mol. The quantitative estimate of drug-likeness (QED) is 0.566. The molecule has 166 valence electrons. The Bertz CT molecular complexity index is 1200. The van der Waals surface area contributed by atoms with Crippen molar-refractivity contribution in [1.29, 1.82) is 0 Å². The molecule has 12 heteroatoms. The van der Waals surface area contributed by atoms with Crippen molar-refractivity contribution in [1.82, 2.24) is 24.1 Å². The van der Waals surface area contributed by atoms with Gasteiger partial charge in [-0.2, -0.15) is 4.31 Å². The van der Waals surface area contributed by atoms with Crippen molar-refractivity contribution in [3.05, 3.63) is 29.0 Å². The molecule has 0 unspecified atom stereocenters. The number of aryl methyl sites for hydroxylation is 3. The van der Waals surface area contributed by atoms with E-state index in [1.807, 2.05) is 18.4 Å². The molecular weight excluding hydrogens is 440 g/mol. The van der Waals surface area contributed by atoms with Gasteiger partial charge in [-0.25, -0.2) is 13.4 Å². The molecule has 31 heavy (non-hydrogen) atoms. The van der Waals surface area contributed by atoms with Crippen LogP contribution in [-0.4, -0.2) is 64.7 Å². The lowest BCUT2D eigenvalue weighted by Crippen LogP contribution is -2.40. The first-order valence-electron chi connectivity index (χ1n) is 10.1. The van der Waals surface area contributed by atoms with E-state index in [4.69, 9.17) is 4.74 Å². The molecule has 2 aromatic heterocycles. The summed E-state index contributed by atoms with van der Waals surface area (Å²) in [5.74, 6) is 0.573. The van der Waals surface area contributed by atoms with Crippen LogP contribution in [0.5, 0.6) is 0 Å². The fraction of sp³-hybridized carbons (Fsp3) is 0.474. The lowest BCUT2D eigenvalue weighted by Gasteiger charge is -2.26. The van der Waals surface area contributed by atoms with Crippen LogP contribution in [-0.2, 0) is 32.5 Å². The van der Waals surface area contributed by atoms with Crippen molar-refractivity contribution >= 4 is 43.4 Å². The van der Waals surface area contributed by atoms with E-state index in [1.165, 1.54) is 15.6 Å². The highest BCUT2D eigenvalue weighted by Gasteiger charge is 2.27. The Hall–Kier alpha value is -2.41. The van der Waals surface area contributed by atoms with E-state index < -0.39 is 10.0 Å². The SMILES string of the molecule is CCn1c(CCC(=O)Nc2nnc(C)s2)nc2cc(S(=O)(=O)N3CCOCC3)ccc21. The summed E-state index contributed by atoms with van der Waals surface area (Å²) in [5, 5.41) is 11.8. The van der Waals surface area contributed by atoms with Gasteiger partial charge in [0.25, 0.3) is 0 Å². The number of fused-ring (bicyclic) bond motifs is 1. The summed E-state index contributed by atoms with van der Waals surface area (Å²) in [6, 6.07) is 5.02. The van der Waals surface area contributed by atoms with Gasteiger partial charge in [-0.15, -0.1) is 10.2 Å². The van der Waals surface area contributed by atoms with E-state index in [2.05, 4.69) is 20.5 Å². The molecule has 1 aliphatic rings. The van der Waals surface area contributed by atoms with Crippen molar-refractivity contribution in [3.63, 3.8) is 0 Å². The molecule has 0 aliphatic carbocycles. The fourth-order valence-corrected chi connectivity index (χ4v) is 5.59. The lowest BCUT2D eigenvalue weighted by molar-refractivity contribution is -0.116. The molecule has 0 atom stereocenters. The summed E-state index contributed by atoms with van der Waals surface area (Å²) in [4.78, 5) is 17.1. The van der Waals surface area contributed by atoms with Gasteiger partial charge in [-0.1, -0.05) is 11.3 Å². The smallest absolute Gasteiger partial charge is 0.243 e. The highest BCUT2D eigenvalue weighted by molar-refractivity contribution is 7.89. The third-order valence-electron chi connectivity index (χ3n) is 5.07. The number of nitrogens with zero attached hydrogens (tertiary/aromatic N) is 5. The number of rotatable bonds is 7. The van der Waals surface area contributed by atoms with Gasteiger partial charge in [0.15, 0.2) is 0 Å². The molecule has 0 saturated carbocycles. The Labute approximate surface area is 184 Å². The number of hydrogen-bond acceptors (Lipinski definition) is 8. The number of imidazole rings is 1. The predicted octanol–water partition coefficient (Wildman–Crippen LogP) is 1.81. The maximum absolute atomic E-state index is 13.0. The highest BCUT2D eigenvalue weighted by atomic mass is 32.2. The van der Waals surface area contributed by atoms with Crippen LogP contribution in [0.1, 0.15) is 24.2 Å². The Balaban J connectivity index is 1.53. The maximum Gasteiger partial charge on any atom is 0.243 e. The first-order chi connectivity index (χ1) is 14.9. The molecule has 4 rings (SSSR count). The van der Waals surface area contributed by atoms with Crippen molar-refractivity contribution in [2.75, 3.05) is 31.6 Å². The number of ether oxygens (including phenoxy) is 1. The standard InChI is InChI=1S/C19H24N6O4S2/c1-3-25-16-5-4-14(31(27,28)24-8-10-29-11-9-24)12-15(16)20-17(25)6-7-18(26)21-19-23-22-13(2)30-19/h4-5,12H,3,6-11H2,1-2H3,(H,21,23,26). The third kappa shape index (κ3) is 4.61. The molecule has 1 aliphatic heterocycles. The minimum atomic E-state index is -3.59. The summed E-state index contributed by atoms with van der Waals surface area (Å²) in [5.41, 5.74) is 1.45. The third-order valence-corrected chi connectivity index (χ3v) is 7.72. The second-order valence-electron chi connectivity index (χ2n) is 7.11. The average molecular weight is 465 g/mol. The second kappa shape index (κ2) is 8.99. The minimum absolute atomic E-state index is 0.165. The molecule has 1 saturated heterocycles. The summed E-state index contributed by atoms with van der Waals surface area (Å²) in [6.07, 6.45) is 0.665. The van der Waals surface area contributed by atoms with Crippen LogP contribution in [0.2, 0.25) is 0 Å². The van der Waals surface area contributed by atoms with Crippen LogP contribution in [0.15, 0.2) is 23.1 Å². The molecule has 3 aromatic rings. The number of hydrogen-bond donors (Lipinski definition) is 1. The monoisotopic (exact) mass is 464 g/mol. The van der Waals surface area contributed by atoms with Gasteiger partial charge in [0.1, 0.15) is 10.8 Å². The van der Waals surface area contributed by atoms with E-state index in [1.54, 1.807) is 18.2 Å². The molecule has 1 aromatic carbocycles. The van der Waals surface area contributed by atoms with Crippen molar-refractivity contribution in [2.45, 2.75) is 38.1 Å². The zero-order valence-electron chi connectivity index (χ0n) is 17.4. The fourth-order valence-electron chi connectivity index (χ4n) is 3.55. The first kappa shape index (κ1) is 21.8. The summed E-state index contributed by atoms with van der Waals surface area (Å²) >= 11 is 1.32. The normalized spacial score (nSPS) is 15.4. The molecule has 10 nitrogen and oxygen atoms in total. The molecule has 1 fully saturated rings. The number of morpholine rings is 1. The number of carbonyl (C=O) groups excluding carboxylic acids is 1. The highest BCUT2D eigenvalue weighted by Crippen LogP contribution is 2.24. The van der Waals surface area contributed by atoms with Gasteiger partial charge < -0.3 is 14.6 Å². The maximum atomic E-state index is 13.0. The first-order valence-corrected chi connectivity index (χ1v) is 12.3. The van der Waals surface area contributed by atoms with Gasteiger partial charge in [0, 0.05) is 32.5 Å². The molecule has 3 heterocycles. The van der Waals surface area contributed by atoms with E-state index >= 15 is 0 Å². The molecule has 1 N–H and O–H groups in total. The zero-order chi connectivity index (χ0) is 22.0. The summed E-state index contributed by atoms with van der Waals surface area (Å²) in [6.45, 7) is 5.97. The van der Waals surface area contributed by atoms with Gasteiger partial charge >= 0.3 is 0 Å². The zero-order valence-corrected chi connectivity index (χ0v) is 19.0. The van der Waals surface area contributed by atoms with E-state index in [0.29, 0.717) is 49.9 Å². The summed E-state index contributed by atoms with van der Waals surface area (Å²) in [7, 11) is -3.59. The Kier molecular flexibility index (Phi) is 6.32. The van der Waals surface area contributed by atoms with Gasteiger partial charge in [-0.05, 0) is 32.0 Å². The molecular formula is C19H24N6O4S2. The largest absolute Gasteiger partial charge is 0.379 e. The topological polar surface area (TPSA) is 119 Å². The van der Waals surface area contributed by atoms with Crippen LogP contribution in [0.3, 0.4) is 0 Å². The van der Waals surface area contributed by atoms with Crippen molar-refractivity contribution in [2.24, 2.45) is 0 Å². The van der Waals surface area contributed by atoms with Gasteiger partial charge in [0.2, 0.25) is 21.1 Å². The van der Waals surface area contributed by atoms with Gasteiger partial charge in [-0.3, -0.25) is 4.79 Å². The summed E-state index contributed by atoms with van der Waals surface area (Å²) < 4.78 is 34.6. The Morgan fingerprint density at radius 3 is 2.71 bits per heavy atom. The number of benzene rings is 1. The number of sulfonamides is 1. The Morgan fingerprint density at radius 2 is 2.03 bits per heavy atom. The average Bonchev–Trinajstić information content (AvgIpc) is 3.34. The van der Waals surface area contributed by atoms with Crippen LogP contribution >= 0.6 is 11.3 Å². The molecule has 0 spiro atoms. The number of carbonyl (C=O) groups is 1. The molecule has 0 radical (unpaired) electrons.